The van der Waals surface area contributed by atoms with Crippen molar-refractivity contribution >= 4 is 74.9 Å². The fourth-order valence-electron chi connectivity index (χ4n) is 3.15. The van der Waals surface area contributed by atoms with Crippen LogP contribution in [0.1, 0.15) is 11.3 Å². The number of amides is 2. The Balaban J connectivity index is 1.50. The predicted molar refractivity (Wildman–Crippen MR) is 125 cm³/mol. The Bertz CT molecular complexity index is 1200. The average Bonchev–Trinajstić information content (AvgIpc) is 3.21. The molecule has 1 fully saturated rings. The maximum atomic E-state index is 13.0. The van der Waals surface area contributed by atoms with Gasteiger partial charge in [-0.1, -0.05) is 34.4 Å². The van der Waals surface area contributed by atoms with Gasteiger partial charge in [0.25, 0.3) is 11.8 Å². The van der Waals surface area contributed by atoms with Crippen molar-refractivity contribution in [1.82, 2.24) is 15.2 Å². The molecule has 0 radical (unpaired) electrons. The normalized spacial score (nSPS) is 19.9. The number of halogens is 2. The number of thiazole rings is 1. The molecule has 14 heteroatoms. The Kier molecular flexibility index (Phi) is 6.79. The Morgan fingerprint density at radius 3 is 2.85 bits per heavy atom. The second-order valence-electron chi connectivity index (χ2n) is 6.80. The van der Waals surface area contributed by atoms with E-state index >= 15 is 0 Å². The molecule has 4 rings (SSSR count). The molecule has 0 spiro atoms. The number of nitrogens with one attached hydrogen (secondary N) is 1. The minimum atomic E-state index is -1.20. The van der Waals surface area contributed by atoms with Gasteiger partial charge in [-0.05, 0) is 18.2 Å². The van der Waals surface area contributed by atoms with Gasteiger partial charge in [-0.15, -0.1) is 23.1 Å². The number of carbonyl (C=O) groups excluding carboxylic acids is 2. The quantitative estimate of drug-likeness (QED) is 0.282. The number of carboxylic acid groups (broad SMARTS) is 1. The highest BCUT2D eigenvalue weighted by molar-refractivity contribution is 8.00. The van der Waals surface area contributed by atoms with Gasteiger partial charge in [0.1, 0.15) is 29.4 Å². The van der Waals surface area contributed by atoms with Crippen LogP contribution in [-0.4, -0.2) is 55.7 Å². The SMILES string of the molecule is Nc1nc(C(=NOCc2ccc(Cl)cc2Cl)C(=O)NC2C(=O)N3C(C(=O)O)=CCS[C@@H]23)cs1. The lowest BCUT2D eigenvalue weighted by Gasteiger charge is -2.48. The van der Waals surface area contributed by atoms with Crippen LogP contribution >= 0.6 is 46.3 Å². The molecule has 4 N–H and O–H groups in total. The number of anilines is 1. The number of aromatic nitrogens is 1. The van der Waals surface area contributed by atoms with E-state index in [-0.39, 0.29) is 28.8 Å². The third-order valence-corrected chi connectivity index (χ3v) is 7.17. The topological polar surface area (TPSA) is 147 Å². The predicted octanol–water partition coefficient (Wildman–Crippen LogP) is 2.32. The molecule has 2 amide bonds. The first-order chi connectivity index (χ1) is 15.8. The lowest BCUT2D eigenvalue weighted by Crippen LogP contribution is -2.70. The first-order valence-corrected chi connectivity index (χ1v) is 12.0. The smallest absolute Gasteiger partial charge is 0.352 e. The lowest BCUT2D eigenvalue weighted by molar-refractivity contribution is -0.150. The van der Waals surface area contributed by atoms with Crippen LogP contribution in [-0.2, 0) is 25.8 Å². The van der Waals surface area contributed by atoms with Crippen LogP contribution in [0.5, 0.6) is 0 Å². The van der Waals surface area contributed by atoms with Crippen molar-refractivity contribution in [2.45, 2.75) is 18.0 Å². The lowest BCUT2D eigenvalue weighted by atomic mass is 10.0. The highest BCUT2D eigenvalue weighted by Gasteiger charge is 2.53. The molecule has 0 aliphatic carbocycles. The fraction of sp³-hybridized carbons (Fsp3) is 0.211. The molecule has 0 bridgehead atoms. The number of fused-ring (bicyclic) bond motifs is 1. The van der Waals surface area contributed by atoms with Crippen molar-refractivity contribution in [3.05, 3.63) is 56.7 Å². The minimum Gasteiger partial charge on any atom is -0.477 e. The van der Waals surface area contributed by atoms with Crippen molar-refractivity contribution in [3.63, 3.8) is 0 Å². The summed E-state index contributed by atoms with van der Waals surface area (Å²) in [4.78, 5) is 47.4. The highest BCUT2D eigenvalue weighted by Crippen LogP contribution is 2.37. The van der Waals surface area contributed by atoms with Gasteiger partial charge < -0.3 is 21.0 Å². The van der Waals surface area contributed by atoms with Crippen molar-refractivity contribution in [2.75, 3.05) is 11.5 Å². The molecule has 33 heavy (non-hydrogen) atoms. The van der Waals surface area contributed by atoms with Gasteiger partial charge in [0.15, 0.2) is 10.8 Å². The Morgan fingerprint density at radius 2 is 2.18 bits per heavy atom. The molecule has 2 atom stereocenters. The fourth-order valence-corrected chi connectivity index (χ4v) is 5.36. The number of hydrogen-bond acceptors (Lipinski definition) is 9. The summed E-state index contributed by atoms with van der Waals surface area (Å²) in [6, 6.07) is 3.93. The van der Waals surface area contributed by atoms with Gasteiger partial charge in [-0.25, -0.2) is 9.78 Å². The number of hydrogen-bond donors (Lipinski definition) is 3. The van der Waals surface area contributed by atoms with Crippen LogP contribution in [0.15, 0.2) is 40.5 Å². The van der Waals surface area contributed by atoms with Crippen LogP contribution in [0.2, 0.25) is 10.0 Å². The van der Waals surface area contributed by atoms with E-state index in [1.165, 1.54) is 23.2 Å². The van der Waals surface area contributed by atoms with Gasteiger partial charge in [0.05, 0.1) is 0 Å². The van der Waals surface area contributed by atoms with E-state index in [9.17, 15) is 19.5 Å². The summed E-state index contributed by atoms with van der Waals surface area (Å²) in [5.41, 5.74) is 6.17. The monoisotopic (exact) mass is 527 g/mol. The largest absolute Gasteiger partial charge is 0.477 e. The number of nitrogens with zero attached hydrogens (tertiary/aromatic N) is 3. The molecule has 2 aromatic rings. The first kappa shape index (κ1) is 23.4. The van der Waals surface area contributed by atoms with Gasteiger partial charge in [0.2, 0.25) is 0 Å². The van der Waals surface area contributed by atoms with Gasteiger partial charge >= 0.3 is 5.97 Å². The highest BCUT2D eigenvalue weighted by atomic mass is 35.5. The van der Waals surface area contributed by atoms with E-state index in [4.69, 9.17) is 33.8 Å². The molecule has 2 aliphatic rings. The number of oxime groups is 1. The molecule has 1 saturated heterocycles. The van der Waals surface area contributed by atoms with Gasteiger partial charge in [-0.2, -0.15) is 0 Å². The number of nitrogen functional groups attached to an aromatic ring is 1. The average molecular weight is 528 g/mol. The summed E-state index contributed by atoms with van der Waals surface area (Å²) in [6.07, 6.45) is 1.46. The standard InChI is InChI=1S/C19H15Cl2N5O5S2/c20-9-2-1-8(10(21)5-9)6-31-25-13(11-7-33-19(22)23-11)15(27)24-14-16(28)26-12(18(29)30)3-4-32-17(14)26/h1-3,5,7,14,17H,4,6H2,(H2,22,23)(H,24,27)(H,29,30)/t14?,17-/m0/s1. The summed E-state index contributed by atoms with van der Waals surface area (Å²) in [6.45, 7) is -0.0478. The molecular formula is C19H15Cl2N5O5S2. The van der Waals surface area contributed by atoms with E-state index in [0.29, 0.717) is 21.4 Å². The van der Waals surface area contributed by atoms with Crippen molar-refractivity contribution in [2.24, 2.45) is 5.16 Å². The molecule has 1 unspecified atom stereocenters. The summed E-state index contributed by atoms with van der Waals surface area (Å²) >= 11 is 14.5. The zero-order valence-electron chi connectivity index (χ0n) is 16.5. The van der Waals surface area contributed by atoms with Crippen LogP contribution in [0.4, 0.5) is 5.13 Å². The van der Waals surface area contributed by atoms with Crippen molar-refractivity contribution < 1.29 is 24.3 Å². The number of thioether (sulfide) groups is 1. The molecule has 3 heterocycles. The zero-order valence-corrected chi connectivity index (χ0v) is 19.7. The third kappa shape index (κ3) is 4.78. The molecule has 1 aromatic carbocycles. The maximum Gasteiger partial charge on any atom is 0.352 e. The summed E-state index contributed by atoms with van der Waals surface area (Å²) in [5, 5.41) is 17.8. The number of nitrogens with two attached hydrogens (primary N) is 1. The molecule has 172 valence electrons. The summed E-state index contributed by atoms with van der Waals surface area (Å²) in [7, 11) is 0. The van der Waals surface area contributed by atoms with E-state index in [1.54, 1.807) is 18.2 Å². The third-order valence-electron chi connectivity index (χ3n) is 4.72. The molecular weight excluding hydrogens is 513 g/mol. The molecule has 1 aromatic heterocycles. The number of rotatable bonds is 7. The number of benzene rings is 1. The number of carboxylic acids is 1. The zero-order chi connectivity index (χ0) is 23.7. The molecule has 2 aliphatic heterocycles. The van der Waals surface area contributed by atoms with Crippen LogP contribution < -0.4 is 11.1 Å². The Hall–Kier alpha value is -2.80. The van der Waals surface area contributed by atoms with Gasteiger partial charge in [-0.3, -0.25) is 14.5 Å². The van der Waals surface area contributed by atoms with Crippen molar-refractivity contribution in [3.8, 4) is 0 Å². The minimum absolute atomic E-state index is 0.0478. The van der Waals surface area contributed by atoms with Crippen LogP contribution in [0.25, 0.3) is 0 Å². The molecule has 0 saturated carbocycles. The Labute approximate surface area is 205 Å². The summed E-state index contributed by atoms with van der Waals surface area (Å²) < 4.78 is 0. The maximum absolute atomic E-state index is 13.0. The first-order valence-electron chi connectivity index (χ1n) is 9.30. The van der Waals surface area contributed by atoms with Crippen molar-refractivity contribution in [1.29, 1.82) is 0 Å². The second kappa shape index (κ2) is 9.59. The van der Waals surface area contributed by atoms with E-state index in [1.807, 2.05) is 0 Å². The number of carbonyl (C=O) groups is 3. The van der Waals surface area contributed by atoms with E-state index in [2.05, 4.69) is 15.5 Å². The van der Waals surface area contributed by atoms with Crippen LogP contribution in [0.3, 0.4) is 0 Å². The number of aliphatic carboxylic acids is 1. The van der Waals surface area contributed by atoms with E-state index in [0.717, 1.165) is 16.2 Å². The number of β-lactam (4-membered cyclic amide) rings is 1. The van der Waals surface area contributed by atoms with Crippen LogP contribution in [0, 0.1) is 0 Å². The summed E-state index contributed by atoms with van der Waals surface area (Å²) in [5.74, 6) is -2.04. The second-order valence-corrected chi connectivity index (χ2v) is 9.68. The molecule has 10 nitrogen and oxygen atoms in total. The van der Waals surface area contributed by atoms with Gasteiger partial charge in [0, 0.05) is 26.7 Å². The Morgan fingerprint density at radius 1 is 1.39 bits per heavy atom. The van der Waals surface area contributed by atoms with E-state index < -0.39 is 29.2 Å².